The number of amides is 1. The number of methoxy groups -OCH3 is 1. The number of rotatable bonds is 7. The first kappa shape index (κ1) is 20.0. The lowest BCUT2D eigenvalue weighted by molar-refractivity contribution is -0.134. The summed E-state index contributed by atoms with van der Waals surface area (Å²) in [5, 5.41) is 2.83. The number of hydrogen-bond donors (Lipinski definition) is 1. The van der Waals surface area contributed by atoms with Crippen LogP contribution in [0.4, 0.5) is 4.79 Å². The molecule has 1 amide bonds. The molecule has 156 valence electrons. The molecule has 4 aliphatic rings. The molecule has 1 aromatic rings. The summed E-state index contributed by atoms with van der Waals surface area (Å²) in [4.78, 5) is 23.2. The van der Waals surface area contributed by atoms with Crippen molar-refractivity contribution in [1.82, 2.24) is 5.32 Å². The number of nitrogens with one attached hydrogen (secondary N) is 1. The first-order chi connectivity index (χ1) is 14.0. The molecule has 0 heterocycles. The van der Waals surface area contributed by atoms with E-state index in [1.165, 1.54) is 51.7 Å². The van der Waals surface area contributed by atoms with Crippen LogP contribution in [0.1, 0.15) is 56.1 Å². The van der Waals surface area contributed by atoms with Gasteiger partial charge in [0.1, 0.15) is 0 Å². The number of benzene rings is 1. The Bertz CT molecular complexity index is 732. The Labute approximate surface area is 172 Å². The summed E-state index contributed by atoms with van der Waals surface area (Å²) in [6.07, 6.45) is 12.1. The third-order valence-electron chi connectivity index (χ3n) is 7.06. The Kier molecular flexibility index (Phi) is 5.93. The monoisotopic (exact) mass is 397 g/mol. The molecule has 0 aliphatic heterocycles. The largest absolute Gasteiger partial charge is 0.466 e. The molecule has 0 aromatic heterocycles. The maximum absolute atomic E-state index is 12.1. The minimum atomic E-state index is -0.382. The zero-order chi connectivity index (χ0) is 20.3. The van der Waals surface area contributed by atoms with E-state index in [0.717, 1.165) is 35.3 Å². The maximum Gasteiger partial charge on any atom is 0.407 e. The minimum Gasteiger partial charge on any atom is -0.466 e. The molecule has 0 saturated heterocycles. The third kappa shape index (κ3) is 5.01. The molecule has 29 heavy (non-hydrogen) atoms. The van der Waals surface area contributed by atoms with E-state index in [0.29, 0.717) is 18.6 Å². The van der Waals surface area contributed by atoms with Crippen molar-refractivity contribution in [3.63, 3.8) is 0 Å². The molecule has 5 rings (SSSR count). The number of esters is 1. The number of carbonyl (C=O) groups is 2. The summed E-state index contributed by atoms with van der Waals surface area (Å²) >= 11 is 0. The lowest BCUT2D eigenvalue weighted by atomic mass is 9.49. The fourth-order valence-electron chi connectivity index (χ4n) is 6.16. The highest BCUT2D eigenvalue weighted by Gasteiger charge is 2.50. The van der Waals surface area contributed by atoms with Crippen molar-refractivity contribution < 1.29 is 19.1 Å². The van der Waals surface area contributed by atoms with Crippen molar-refractivity contribution in [1.29, 1.82) is 0 Å². The Morgan fingerprint density at radius 1 is 1.07 bits per heavy atom. The van der Waals surface area contributed by atoms with Crippen molar-refractivity contribution >= 4 is 18.1 Å². The second kappa shape index (κ2) is 8.60. The van der Waals surface area contributed by atoms with Crippen LogP contribution in [0.2, 0.25) is 0 Å². The van der Waals surface area contributed by atoms with E-state index >= 15 is 0 Å². The van der Waals surface area contributed by atoms with Gasteiger partial charge < -0.3 is 14.8 Å². The molecule has 0 unspecified atom stereocenters. The van der Waals surface area contributed by atoms with Gasteiger partial charge in [0.2, 0.25) is 0 Å². The van der Waals surface area contributed by atoms with Gasteiger partial charge in [-0.3, -0.25) is 0 Å². The van der Waals surface area contributed by atoms with E-state index in [4.69, 9.17) is 4.74 Å². The summed E-state index contributed by atoms with van der Waals surface area (Å²) in [7, 11) is 1.35. The Balaban J connectivity index is 1.18. The first-order valence-electron chi connectivity index (χ1n) is 10.8. The van der Waals surface area contributed by atoms with Crippen LogP contribution in [0.5, 0.6) is 0 Å². The van der Waals surface area contributed by atoms with Gasteiger partial charge in [0.25, 0.3) is 0 Å². The predicted octanol–water partition coefficient (Wildman–Crippen LogP) is 4.71. The number of hydrogen-bond acceptors (Lipinski definition) is 4. The molecule has 0 atom stereocenters. The average Bonchev–Trinajstić information content (AvgIpc) is 2.70. The third-order valence-corrected chi connectivity index (χ3v) is 7.06. The van der Waals surface area contributed by atoms with Gasteiger partial charge in [-0.15, -0.1) is 0 Å². The Morgan fingerprint density at radius 3 is 2.28 bits per heavy atom. The summed E-state index contributed by atoms with van der Waals surface area (Å²) < 4.78 is 10.1. The van der Waals surface area contributed by atoms with Gasteiger partial charge in [-0.1, -0.05) is 24.3 Å². The van der Waals surface area contributed by atoms with Gasteiger partial charge >= 0.3 is 12.1 Å². The van der Waals surface area contributed by atoms with Gasteiger partial charge in [-0.25, -0.2) is 9.59 Å². The van der Waals surface area contributed by atoms with Crippen molar-refractivity contribution in [2.45, 2.75) is 51.5 Å². The highest BCUT2D eigenvalue weighted by molar-refractivity contribution is 5.86. The zero-order valence-electron chi connectivity index (χ0n) is 17.2. The molecule has 0 spiro atoms. The van der Waals surface area contributed by atoms with Crippen molar-refractivity contribution in [3.8, 4) is 0 Å². The molecule has 5 nitrogen and oxygen atoms in total. The van der Waals surface area contributed by atoms with E-state index in [1.54, 1.807) is 6.08 Å². The highest BCUT2D eigenvalue weighted by Crippen LogP contribution is 2.61. The number of carbonyl (C=O) groups excluding carboxylic acids is 2. The maximum atomic E-state index is 12.1. The SMILES string of the molecule is COC(=O)C=Cc1ccc(CNC(=O)OCCC23CC4CC(CC(C4)C2)C3)cc1. The van der Waals surface area contributed by atoms with E-state index in [-0.39, 0.29) is 12.1 Å². The van der Waals surface area contributed by atoms with Gasteiger partial charge in [-0.05, 0) is 85.3 Å². The van der Waals surface area contributed by atoms with E-state index in [9.17, 15) is 9.59 Å². The van der Waals surface area contributed by atoms with Crippen LogP contribution in [0, 0.1) is 23.2 Å². The van der Waals surface area contributed by atoms with Crippen molar-refractivity contribution in [2.75, 3.05) is 13.7 Å². The van der Waals surface area contributed by atoms with E-state index < -0.39 is 0 Å². The summed E-state index contributed by atoms with van der Waals surface area (Å²) in [5.74, 6) is 2.41. The molecule has 1 aromatic carbocycles. The van der Waals surface area contributed by atoms with Gasteiger partial charge in [0, 0.05) is 12.6 Å². The summed E-state index contributed by atoms with van der Waals surface area (Å²) in [6, 6.07) is 7.64. The smallest absolute Gasteiger partial charge is 0.407 e. The Hall–Kier alpha value is -2.30. The second-order valence-electron chi connectivity index (χ2n) is 9.26. The molecule has 4 bridgehead atoms. The molecule has 4 fully saturated rings. The fourth-order valence-corrected chi connectivity index (χ4v) is 6.16. The topological polar surface area (TPSA) is 64.6 Å². The van der Waals surface area contributed by atoms with Crippen LogP contribution in [0.25, 0.3) is 6.08 Å². The lowest BCUT2D eigenvalue weighted by Gasteiger charge is -2.57. The van der Waals surface area contributed by atoms with Crippen molar-refractivity contribution in [2.24, 2.45) is 23.2 Å². The average molecular weight is 398 g/mol. The molecule has 5 heteroatoms. The van der Waals surface area contributed by atoms with Gasteiger partial charge in [-0.2, -0.15) is 0 Å². The quantitative estimate of drug-likeness (QED) is 0.535. The molecule has 1 N–H and O–H groups in total. The van der Waals surface area contributed by atoms with Crippen LogP contribution in [-0.2, 0) is 20.8 Å². The molecule has 4 aliphatic carbocycles. The standard InChI is InChI=1S/C24H31NO4/c1-28-22(26)7-6-17-2-4-18(5-3-17)16-25-23(27)29-9-8-24-13-19-10-20(14-24)12-21(11-19)15-24/h2-7,19-21H,8-16H2,1H3,(H,25,27). The number of ether oxygens (including phenoxy) is 2. The minimum absolute atomic E-state index is 0.343. The highest BCUT2D eigenvalue weighted by atomic mass is 16.5. The van der Waals surface area contributed by atoms with Crippen LogP contribution < -0.4 is 5.32 Å². The Morgan fingerprint density at radius 2 is 1.69 bits per heavy atom. The summed E-state index contributed by atoms with van der Waals surface area (Å²) in [5.41, 5.74) is 2.33. The van der Waals surface area contributed by atoms with Crippen LogP contribution >= 0.6 is 0 Å². The number of alkyl carbamates (subject to hydrolysis) is 1. The molecular weight excluding hydrogens is 366 g/mol. The van der Waals surface area contributed by atoms with Gasteiger partial charge in [0.05, 0.1) is 13.7 Å². The molecule has 0 radical (unpaired) electrons. The second-order valence-corrected chi connectivity index (χ2v) is 9.26. The van der Waals surface area contributed by atoms with Crippen LogP contribution in [0.3, 0.4) is 0 Å². The van der Waals surface area contributed by atoms with Gasteiger partial charge in [0.15, 0.2) is 0 Å². The van der Waals surface area contributed by atoms with Crippen LogP contribution in [-0.4, -0.2) is 25.8 Å². The molecular formula is C24H31NO4. The predicted molar refractivity (Wildman–Crippen MR) is 111 cm³/mol. The van der Waals surface area contributed by atoms with E-state index in [1.807, 2.05) is 24.3 Å². The summed E-state index contributed by atoms with van der Waals surface area (Å²) in [6.45, 7) is 0.951. The van der Waals surface area contributed by atoms with Crippen molar-refractivity contribution in [3.05, 3.63) is 41.5 Å². The lowest BCUT2D eigenvalue weighted by Crippen LogP contribution is -2.46. The molecule has 4 saturated carbocycles. The van der Waals surface area contributed by atoms with Crippen LogP contribution in [0.15, 0.2) is 30.3 Å². The first-order valence-corrected chi connectivity index (χ1v) is 10.8. The normalized spacial score (nSPS) is 29.8. The zero-order valence-corrected chi connectivity index (χ0v) is 17.2. The van der Waals surface area contributed by atoms with E-state index in [2.05, 4.69) is 10.1 Å². The fraction of sp³-hybridized carbons (Fsp3) is 0.583.